The molecule has 0 aromatic heterocycles. The molecule has 1 aromatic rings. The molecular weight excluding hydrogens is 142 g/mol. The summed E-state index contributed by atoms with van der Waals surface area (Å²) in [6.07, 6.45) is 0.516. The number of methoxy groups -OCH3 is 1. The normalized spacial score (nSPS) is 8.82. The number of ether oxygens (including phenoxy) is 1. The molecule has 0 saturated heterocycles. The number of carbonyl (C=O) groups excluding carboxylic acids is 1. The third-order valence-corrected chi connectivity index (χ3v) is 1.27. The van der Waals surface area contributed by atoms with Crippen LogP contribution in [0, 0.1) is 0 Å². The van der Waals surface area contributed by atoms with Crippen molar-refractivity contribution in [3.63, 3.8) is 0 Å². The maximum atomic E-state index is 9.93. The summed E-state index contributed by atoms with van der Waals surface area (Å²) in [5.41, 5.74) is 0.640. The lowest BCUT2D eigenvalue weighted by atomic mass is 10.3. The predicted octanol–water partition coefficient (Wildman–Crippen LogP) is 1.09. The van der Waals surface area contributed by atoms with Crippen molar-refractivity contribution >= 4 is 12.1 Å². The van der Waals surface area contributed by atoms with E-state index in [1.54, 1.807) is 31.4 Å². The highest BCUT2D eigenvalue weighted by molar-refractivity contribution is 5.58. The highest BCUT2D eigenvalue weighted by atomic mass is 16.5. The van der Waals surface area contributed by atoms with Crippen LogP contribution in [-0.2, 0) is 4.79 Å². The molecule has 11 heavy (non-hydrogen) atoms. The van der Waals surface area contributed by atoms with Gasteiger partial charge in [-0.15, -0.1) is 0 Å². The maximum Gasteiger partial charge on any atom is 0.233 e. The fourth-order valence-electron chi connectivity index (χ4n) is 0.729. The van der Waals surface area contributed by atoms with Gasteiger partial charge in [0.25, 0.3) is 0 Å². The van der Waals surface area contributed by atoms with Gasteiger partial charge in [0, 0.05) is 0 Å². The van der Waals surface area contributed by atoms with Crippen LogP contribution < -0.4 is 10.1 Å². The van der Waals surface area contributed by atoms with Crippen LogP contribution in [0.15, 0.2) is 24.3 Å². The van der Waals surface area contributed by atoms with Crippen LogP contribution in [0.1, 0.15) is 0 Å². The third kappa shape index (κ3) is 1.97. The molecule has 57 valence electrons. The van der Waals surface area contributed by atoms with Gasteiger partial charge in [-0.1, -0.05) is 0 Å². The van der Waals surface area contributed by atoms with Crippen LogP contribution in [0.25, 0.3) is 0 Å². The van der Waals surface area contributed by atoms with E-state index in [4.69, 9.17) is 4.74 Å². The van der Waals surface area contributed by atoms with Gasteiger partial charge in [0.1, 0.15) is 5.75 Å². The van der Waals surface area contributed by atoms with Crippen LogP contribution in [0.4, 0.5) is 5.69 Å². The quantitative estimate of drug-likeness (QED) is 0.605. The molecular formula is C8H8NO2. The van der Waals surface area contributed by atoms with E-state index in [0.717, 1.165) is 5.75 Å². The van der Waals surface area contributed by atoms with E-state index in [9.17, 15) is 4.79 Å². The zero-order valence-corrected chi connectivity index (χ0v) is 6.15. The summed E-state index contributed by atoms with van der Waals surface area (Å²) in [6, 6.07) is 6.94. The summed E-state index contributed by atoms with van der Waals surface area (Å²) in [5, 5.41) is 3.55. The Kier molecular flexibility index (Phi) is 2.49. The Morgan fingerprint density at radius 2 is 2.00 bits per heavy atom. The smallest absolute Gasteiger partial charge is 0.233 e. The molecule has 0 bridgehead atoms. The van der Waals surface area contributed by atoms with Crippen molar-refractivity contribution in [3.8, 4) is 5.75 Å². The van der Waals surface area contributed by atoms with E-state index < -0.39 is 0 Å². The number of carbonyl (C=O) groups is 1. The molecule has 0 unspecified atom stereocenters. The Hall–Kier alpha value is -1.51. The van der Waals surface area contributed by atoms with E-state index in [2.05, 4.69) is 5.32 Å². The minimum absolute atomic E-state index is 0.516. The minimum atomic E-state index is 0.516. The topological polar surface area (TPSA) is 40.4 Å². The van der Waals surface area contributed by atoms with Crippen LogP contribution in [0.2, 0.25) is 0 Å². The molecule has 0 saturated carbocycles. The molecule has 1 rings (SSSR count). The number of amides is 1. The minimum Gasteiger partial charge on any atom is -0.497 e. The first kappa shape index (κ1) is 7.60. The lowest BCUT2D eigenvalue weighted by Gasteiger charge is -1.98. The lowest BCUT2D eigenvalue weighted by Crippen LogP contribution is -1.91. The Morgan fingerprint density at radius 1 is 1.36 bits per heavy atom. The second-order valence-corrected chi connectivity index (χ2v) is 1.93. The van der Waals surface area contributed by atoms with E-state index in [1.807, 2.05) is 0 Å². The van der Waals surface area contributed by atoms with Crippen molar-refractivity contribution in [2.75, 3.05) is 7.11 Å². The summed E-state index contributed by atoms with van der Waals surface area (Å²) in [4.78, 5) is 9.93. The molecule has 3 heteroatoms. The van der Waals surface area contributed by atoms with Gasteiger partial charge in [0.15, 0.2) is 0 Å². The average molecular weight is 150 g/mol. The lowest BCUT2D eigenvalue weighted by molar-refractivity contribution is -0.108. The van der Waals surface area contributed by atoms with Crippen LogP contribution in [0.3, 0.4) is 0 Å². The molecule has 0 fully saturated rings. The summed E-state index contributed by atoms with van der Waals surface area (Å²) >= 11 is 0. The molecule has 0 aliphatic rings. The highest BCUT2D eigenvalue weighted by Gasteiger charge is 1.91. The van der Waals surface area contributed by atoms with Crippen molar-refractivity contribution in [3.05, 3.63) is 24.3 Å². The standard InChI is InChI=1S/C8H8NO2/c1-11-8-4-2-7(3-5-8)9-6-10/h2-6H,1H3. The molecule has 3 nitrogen and oxygen atoms in total. The molecule has 0 spiro atoms. The number of hydrogen-bond acceptors (Lipinski definition) is 2. The SMILES string of the molecule is COc1ccc([N]C=O)cc1. The molecule has 0 aliphatic heterocycles. The largest absolute Gasteiger partial charge is 0.497 e. The van der Waals surface area contributed by atoms with Gasteiger partial charge >= 0.3 is 0 Å². The van der Waals surface area contributed by atoms with Crippen LogP contribution in [0.5, 0.6) is 5.75 Å². The van der Waals surface area contributed by atoms with Gasteiger partial charge in [-0.3, -0.25) is 4.79 Å². The first-order chi connectivity index (χ1) is 5.36. The van der Waals surface area contributed by atoms with Crippen molar-refractivity contribution in [1.82, 2.24) is 5.32 Å². The molecule has 1 amide bonds. The van der Waals surface area contributed by atoms with E-state index in [-0.39, 0.29) is 0 Å². The van der Waals surface area contributed by atoms with Crippen molar-refractivity contribution in [2.24, 2.45) is 0 Å². The Labute approximate surface area is 65.0 Å². The number of benzene rings is 1. The second kappa shape index (κ2) is 3.61. The van der Waals surface area contributed by atoms with Crippen molar-refractivity contribution < 1.29 is 9.53 Å². The number of rotatable bonds is 3. The van der Waals surface area contributed by atoms with Gasteiger partial charge in [0.05, 0.1) is 12.8 Å². The second-order valence-electron chi connectivity index (χ2n) is 1.93. The zero-order valence-electron chi connectivity index (χ0n) is 6.15. The van der Waals surface area contributed by atoms with Crippen molar-refractivity contribution in [1.29, 1.82) is 0 Å². The third-order valence-electron chi connectivity index (χ3n) is 1.27. The summed E-state index contributed by atoms with van der Waals surface area (Å²) in [5.74, 6) is 0.759. The van der Waals surface area contributed by atoms with Gasteiger partial charge < -0.3 is 4.74 Å². The highest BCUT2D eigenvalue weighted by Crippen LogP contribution is 2.13. The summed E-state index contributed by atoms with van der Waals surface area (Å²) in [6.45, 7) is 0. The van der Waals surface area contributed by atoms with E-state index in [1.165, 1.54) is 0 Å². The summed E-state index contributed by atoms with van der Waals surface area (Å²) < 4.78 is 4.92. The Balaban J connectivity index is 2.74. The van der Waals surface area contributed by atoms with E-state index >= 15 is 0 Å². The molecule has 0 heterocycles. The Bertz CT molecular complexity index is 230. The molecule has 0 N–H and O–H groups in total. The molecule has 0 atom stereocenters. The van der Waals surface area contributed by atoms with Gasteiger partial charge in [-0.2, -0.15) is 0 Å². The monoisotopic (exact) mass is 150 g/mol. The first-order valence-electron chi connectivity index (χ1n) is 3.15. The fraction of sp³-hybridized carbons (Fsp3) is 0.125. The average Bonchev–Trinajstić information content (AvgIpc) is 2.07. The Morgan fingerprint density at radius 3 is 2.45 bits per heavy atom. The van der Waals surface area contributed by atoms with Gasteiger partial charge in [-0.05, 0) is 24.3 Å². The zero-order chi connectivity index (χ0) is 8.10. The van der Waals surface area contributed by atoms with Crippen molar-refractivity contribution in [2.45, 2.75) is 0 Å². The molecule has 1 aromatic carbocycles. The summed E-state index contributed by atoms with van der Waals surface area (Å²) in [7, 11) is 1.59. The molecule has 0 aliphatic carbocycles. The van der Waals surface area contributed by atoms with Gasteiger partial charge in [0.2, 0.25) is 6.41 Å². The number of hydrogen-bond donors (Lipinski definition) is 0. The van der Waals surface area contributed by atoms with Crippen LogP contribution in [-0.4, -0.2) is 13.5 Å². The maximum absolute atomic E-state index is 9.93. The van der Waals surface area contributed by atoms with Gasteiger partial charge in [-0.25, -0.2) is 5.32 Å². The molecule has 1 radical (unpaired) electrons. The van der Waals surface area contributed by atoms with E-state index in [0.29, 0.717) is 12.1 Å². The number of nitrogens with zero attached hydrogens (tertiary/aromatic N) is 1. The predicted molar refractivity (Wildman–Crippen MR) is 40.9 cm³/mol. The van der Waals surface area contributed by atoms with Crippen LogP contribution >= 0.6 is 0 Å². The fourth-order valence-corrected chi connectivity index (χ4v) is 0.729. The first-order valence-corrected chi connectivity index (χ1v) is 3.15.